The third kappa shape index (κ3) is 4.95. The molecule has 1 aliphatic heterocycles. The normalized spacial score (nSPS) is 14.1. The molecule has 0 aromatic heterocycles. The zero-order valence-corrected chi connectivity index (χ0v) is 19.5. The number of benzene rings is 3. The minimum Gasteiger partial charge on any atom is -0.480 e. The van der Waals surface area contributed by atoms with Crippen LogP contribution < -0.4 is 5.32 Å². The number of carboxylic acids is 1. The molecule has 186 valence electrons. The van der Waals surface area contributed by atoms with Crippen LogP contribution in [0.5, 0.6) is 0 Å². The molecule has 3 aromatic rings. The van der Waals surface area contributed by atoms with E-state index in [-0.39, 0.29) is 23.9 Å². The predicted octanol–water partition coefficient (Wildman–Crippen LogP) is 5.69. The minimum atomic E-state index is -4.47. The van der Waals surface area contributed by atoms with Crippen LogP contribution in [0.1, 0.15) is 45.7 Å². The molecule has 9 heteroatoms. The largest absolute Gasteiger partial charge is 0.480 e. The molecule has 2 N–H and O–H groups in total. The maximum Gasteiger partial charge on any atom is 0.416 e. The highest BCUT2D eigenvalue weighted by atomic mass is 19.4. The second-order valence-corrected chi connectivity index (χ2v) is 8.94. The highest BCUT2D eigenvalue weighted by molar-refractivity contribution is 6.04. The molecule has 3 aromatic carbocycles. The summed E-state index contributed by atoms with van der Waals surface area (Å²) in [4.78, 5) is 38.3. The van der Waals surface area contributed by atoms with Gasteiger partial charge in [0, 0.05) is 23.4 Å². The molecule has 4 rings (SSSR count). The molecule has 0 bridgehead atoms. The summed E-state index contributed by atoms with van der Waals surface area (Å²) in [6, 6.07) is 15.2. The van der Waals surface area contributed by atoms with Crippen LogP contribution >= 0.6 is 0 Å². The molecule has 0 saturated heterocycles. The maximum absolute atomic E-state index is 12.8. The molecule has 1 atom stereocenters. The fourth-order valence-electron chi connectivity index (χ4n) is 4.29. The van der Waals surface area contributed by atoms with Gasteiger partial charge in [0.05, 0.1) is 5.56 Å². The monoisotopic (exact) mass is 496 g/mol. The first-order valence-electron chi connectivity index (χ1n) is 11.2. The lowest BCUT2D eigenvalue weighted by Crippen LogP contribution is -2.44. The van der Waals surface area contributed by atoms with Crippen LogP contribution in [0.25, 0.3) is 11.1 Å². The number of carboxylic acid groups (broad SMARTS) is 1. The van der Waals surface area contributed by atoms with Crippen molar-refractivity contribution in [3.05, 3.63) is 89.0 Å². The summed E-state index contributed by atoms with van der Waals surface area (Å²) in [5.41, 5.74) is 2.59. The predicted molar refractivity (Wildman–Crippen MR) is 127 cm³/mol. The number of hydrogen-bond acceptors (Lipinski definition) is 3. The Hall–Kier alpha value is -4.14. The highest BCUT2D eigenvalue weighted by Crippen LogP contribution is 2.32. The van der Waals surface area contributed by atoms with Crippen molar-refractivity contribution >= 4 is 23.5 Å². The Morgan fingerprint density at radius 3 is 2.11 bits per heavy atom. The van der Waals surface area contributed by atoms with Gasteiger partial charge in [0.25, 0.3) is 11.8 Å². The zero-order chi connectivity index (χ0) is 26.2. The molecule has 0 spiro atoms. The van der Waals surface area contributed by atoms with E-state index in [0.717, 1.165) is 41.0 Å². The molecule has 36 heavy (non-hydrogen) atoms. The van der Waals surface area contributed by atoms with E-state index in [1.807, 2.05) is 6.07 Å². The smallest absolute Gasteiger partial charge is 0.416 e. The van der Waals surface area contributed by atoms with Crippen LogP contribution in [-0.4, -0.2) is 33.8 Å². The second kappa shape index (κ2) is 9.49. The van der Waals surface area contributed by atoms with Crippen molar-refractivity contribution in [2.75, 3.05) is 5.32 Å². The Morgan fingerprint density at radius 2 is 1.56 bits per heavy atom. The van der Waals surface area contributed by atoms with E-state index in [9.17, 15) is 32.7 Å². The third-order valence-electron chi connectivity index (χ3n) is 6.11. The molecule has 0 saturated carbocycles. The van der Waals surface area contributed by atoms with E-state index in [0.29, 0.717) is 11.3 Å². The number of amides is 2. The van der Waals surface area contributed by atoms with Crippen molar-refractivity contribution in [1.29, 1.82) is 0 Å². The summed E-state index contributed by atoms with van der Waals surface area (Å²) in [6.07, 6.45) is -4.47. The van der Waals surface area contributed by atoms with Crippen molar-refractivity contribution in [2.45, 2.75) is 32.6 Å². The third-order valence-corrected chi connectivity index (χ3v) is 6.11. The van der Waals surface area contributed by atoms with Gasteiger partial charge in [-0.3, -0.25) is 9.59 Å². The number of carbonyl (C=O) groups is 3. The molecule has 6 nitrogen and oxygen atoms in total. The summed E-state index contributed by atoms with van der Waals surface area (Å²) >= 11 is 0. The fourth-order valence-corrected chi connectivity index (χ4v) is 4.29. The number of rotatable bonds is 6. The topological polar surface area (TPSA) is 86.7 Å². The van der Waals surface area contributed by atoms with E-state index in [1.54, 1.807) is 50.2 Å². The van der Waals surface area contributed by atoms with Gasteiger partial charge in [-0.1, -0.05) is 32.0 Å². The van der Waals surface area contributed by atoms with Crippen molar-refractivity contribution in [3.63, 3.8) is 0 Å². The molecule has 0 radical (unpaired) electrons. The highest BCUT2D eigenvalue weighted by Gasteiger charge is 2.38. The van der Waals surface area contributed by atoms with Crippen molar-refractivity contribution in [3.8, 4) is 11.1 Å². The summed E-state index contributed by atoms with van der Waals surface area (Å²) in [5.74, 6) is -2.13. The van der Waals surface area contributed by atoms with Gasteiger partial charge >= 0.3 is 12.1 Å². The van der Waals surface area contributed by atoms with E-state index >= 15 is 0 Å². The summed E-state index contributed by atoms with van der Waals surface area (Å²) in [7, 11) is 0. The Balaban J connectivity index is 1.48. The van der Waals surface area contributed by atoms with Crippen molar-refractivity contribution in [2.24, 2.45) is 5.92 Å². The second-order valence-electron chi connectivity index (χ2n) is 8.94. The average Bonchev–Trinajstić information content (AvgIpc) is 3.13. The van der Waals surface area contributed by atoms with Crippen molar-refractivity contribution in [1.82, 2.24) is 4.90 Å². The van der Waals surface area contributed by atoms with Crippen molar-refractivity contribution < 1.29 is 32.7 Å². The molecule has 1 heterocycles. The summed E-state index contributed by atoms with van der Waals surface area (Å²) in [5, 5.41) is 12.2. The first kappa shape index (κ1) is 25.0. The van der Waals surface area contributed by atoms with E-state index in [4.69, 9.17) is 0 Å². The SMILES string of the molecule is CC(C)[C@@H](C(=O)O)N1Cc2cc(-c3ccc(NC(=O)c4ccc(C(F)(F)F)cc4)cc3)ccc2C1=O. The van der Waals surface area contributed by atoms with Crippen LogP contribution in [0.15, 0.2) is 66.7 Å². The van der Waals surface area contributed by atoms with Gasteiger partial charge in [0.15, 0.2) is 0 Å². The molecular formula is C27H23F3N2O4. The van der Waals surface area contributed by atoms with Gasteiger partial charge in [0.2, 0.25) is 0 Å². The lowest BCUT2D eigenvalue weighted by atomic mass is 10.0. The van der Waals surface area contributed by atoms with Gasteiger partial charge < -0.3 is 15.3 Å². The number of nitrogens with zero attached hydrogens (tertiary/aromatic N) is 1. The number of hydrogen-bond donors (Lipinski definition) is 2. The van der Waals surface area contributed by atoms with Gasteiger partial charge in [-0.15, -0.1) is 0 Å². The molecule has 0 aliphatic carbocycles. The average molecular weight is 496 g/mol. The van der Waals surface area contributed by atoms with E-state index < -0.39 is 29.7 Å². The van der Waals surface area contributed by atoms with Gasteiger partial charge in [-0.2, -0.15) is 13.2 Å². The molecule has 0 unspecified atom stereocenters. The summed E-state index contributed by atoms with van der Waals surface area (Å²) < 4.78 is 38.1. The van der Waals surface area contributed by atoms with Crippen LogP contribution in [0.3, 0.4) is 0 Å². The zero-order valence-electron chi connectivity index (χ0n) is 19.5. The maximum atomic E-state index is 12.8. The number of halogens is 3. The lowest BCUT2D eigenvalue weighted by molar-refractivity contribution is -0.144. The first-order valence-corrected chi connectivity index (χ1v) is 11.2. The van der Waals surface area contributed by atoms with Gasteiger partial charge in [-0.25, -0.2) is 4.79 Å². The molecular weight excluding hydrogens is 473 g/mol. The Bertz CT molecular complexity index is 1320. The minimum absolute atomic E-state index is 0.0981. The van der Waals surface area contributed by atoms with Gasteiger partial charge in [0.1, 0.15) is 6.04 Å². The molecule has 0 fully saturated rings. The number of alkyl halides is 3. The Labute approximate surface area is 205 Å². The van der Waals surface area contributed by atoms with Crippen LogP contribution in [0, 0.1) is 5.92 Å². The van der Waals surface area contributed by atoms with E-state index in [2.05, 4.69) is 5.32 Å². The number of fused-ring (bicyclic) bond motifs is 1. The number of carbonyl (C=O) groups excluding carboxylic acids is 2. The number of nitrogens with one attached hydrogen (secondary N) is 1. The fraction of sp³-hybridized carbons (Fsp3) is 0.222. The lowest BCUT2D eigenvalue weighted by Gasteiger charge is -2.27. The number of anilines is 1. The molecule has 1 aliphatic rings. The van der Waals surface area contributed by atoms with Crippen LogP contribution in [0.2, 0.25) is 0 Å². The Kier molecular flexibility index (Phi) is 6.58. The van der Waals surface area contributed by atoms with Crippen LogP contribution in [0.4, 0.5) is 18.9 Å². The first-order chi connectivity index (χ1) is 17.0. The van der Waals surface area contributed by atoms with Gasteiger partial charge in [-0.05, 0) is 71.1 Å². The van der Waals surface area contributed by atoms with Crippen LogP contribution in [-0.2, 0) is 17.5 Å². The standard InChI is InChI=1S/C27H23F3N2O4/c1-15(2)23(26(35)36)32-14-19-13-18(7-12-22(19)25(32)34)16-5-10-21(11-6-16)31-24(33)17-3-8-20(9-4-17)27(28,29)30/h3-13,15,23H,14H2,1-2H3,(H,31,33)(H,35,36)/t23-/m0/s1. The summed E-state index contributed by atoms with van der Waals surface area (Å²) in [6.45, 7) is 3.73. The number of aliphatic carboxylic acids is 1. The quantitative estimate of drug-likeness (QED) is 0.459. The molecule has 2 amide bonds. The van der Waals surface area contributed by atoms with E-state index in [1.165, 1.54) is 4.90 Å². The Morgan fingerprint density at radius 1 is 0.944 bits per heavy atom.